The number of Topliss-reactive ketones (excluding diaryl/α,β-unsaturated/α-hetero) is 1. The molecule has 1 aliphatic rings. The highest BCUT2D eigenvalue weighted by Gasteiger charge is 2.32. The Hall–Kier alpha value is -1.26. The normalized spacial score (nSPS) is 23.3. The van der Waals surface area contributed by atoms with Gasteiger partial charge in [-0.2, -0.15) is 0 Å². The molecule has 0 amide bonds. The Morgan fingerprint density at radius 2 is 2.17 bits per heavy atom. The Labute approximate surface area is 106 Å². The van der Waals surface area contributed by atoms with Crippen LogP contribution in [0.3, 0.4) is 0 Å². The van der Waals surface area contributed by atoms with E-state index < -0.39 is 11.9 Å². The highest BCUT2D eigenvalue weighted by molar-refractivity contribution is 6.01. The second-order valence-electron chi connectivity index (χ2n) is 4.86. The number of hydrogen-bond acceptors (Lipinski definition) is 3. The van der Waals surface area contributed by atoms with E-state index in [4.69, 9.17) is 10.5 Å². The van der Waals surface area contributed by atoms with Crippen LogP contribution in [0.5, 0.6) is 0 Å². The van der Waals surface area contributed by atoms with E-state index in [9.17, 15) is 9.18 Å². The molecule has 1 aliphatic heterocycles. The van der Waals surface area contributed by atoms with Gasteiger partial charge in [0.25, 0.3) is 0 Å². The smallest absolute Gasteiger partial charge is 0.194 e. The number of ketones is 1. The first-order chi connectivity index (χ1) is 8.52. The van der Waals surface area contributed by atoms with Crippen molar-refractivity contribution < 1.29 is 13.9 Å². The van der Waals surface area contributed by atoms with Crippen LogP contribution in [-0.2, 0) is 4.74 Å². The van der Waals surface area contributed by atoms with Crippen LogP contribution in [0.1, 0.15) is 34.3 Å². The Morgan fingerprint density at radius 3 is 2.72 bits per heavy atom. The van der Waals surface area contributed by atoms with Crippen molar-refractivity contribution in [3.63, 3.8) is 0 Å². The van der Waals surface area contributed by atoms with E-state index in [1.807, 2.05) is 6.07 Å². The highest BCUT2D eigenvalue weighted by atomic mass is 19.1. The van der Waals surface area contributed by atoms with Gasteiger partial charge in [-0.15, -0.1) is 0 Å². The van der Waals surface area contributed by atoms with Gasteiger partial charge in [0.1, 0.15) is 11.9 Å². The predicted molar refractivity (Wildman–Crippen MR) is 67.2 cm³/mol. The molecular weight excluding hydrogens is 233 g/mol. The minimum absolute atomic E-state index is 0.0761. The number of hydrogen-bond donors (Lipinski definition) is 1. The van der Waals surface area contributed by atoms with Gasteiger partial charge in [0.15, 0.2) is 5.78 Å². The molecular formula is C14H18FNO2. The van der Waals surface area contributed by atoms with Gasteiger partial charge in [0, 0.05) is 6.54 Å². The molecule has 0 radical (unpaired) electrons. The summed E-state index contributed by atoms with van der Waals surface area (Å²) in [5.41, 5.74) is 7.14. The monoisotopic (exact) mass is 251 g/mol. The molecule has 2 N–H and O–H groups in total. The Morgan fingerprint density at radius 1 is 1.44 bits per heavy atom. The van der Waals surface area contributed by atoms with Crippen molar-refractivity contribution in [2.75, 3.05) is 6.54 Å². The Kier molecular flexibility index (Phi) is 3.78. The van der Waals surface area contributed by atoms with Gasteiger partial charge < -0.3 is 10.5 Å². The second kappa shape index (κ2) is 5.16. The Balaban J connectivity index is 2.25. The summed E-state index contributed by atoms with van der Waals surface area (Å²) in [6.45, 7) is 3.96. The van der Waals surface area contributed by atoms with Crippen LogP contribution in [0, 0.1) is 19.7 Å². The number of ether oxygens (including phenoxy) is 1. The van der Waals surface area contributed by atoms with Crippen LogP contribution in [0.25, 0.3) is 0 Å². The topological polar surface area (TPSA) is 52.3 Å². The zero-order valence-electron chi connectivity index (χ0n) is 10.7. The lowest BCUT2D eigenvalue weighted by molar-refractivity contribution is 0.0400. The minimum atomic E-state index is -0.547. The van der Waals surface area contributed by atoms with E-state index in [-0.39, 0.29) is 17.5 Å². The largest absolute Gasteiger partial charge is 0.366 e. The third-order valence-electron chi connectivity index (χ3n) is 3.34. The first-order valence-corrected chi connectivity index (χ1v) is 6.19. The average molecular weight is 251 g/mol. The lowest BCUT2D eigenvalue weighted by Gasteiger charge is -2.14. The maximum Gasteiger partial charge on any atom is 0.194 e. The quantitative estimate of drug-likeness (QED) is 0.837. The molecule has 4 heteroatoms. The molecule has 0 bridgehead atoms. The predicted octanol–water partition coefficient (Wildman–Crippen LogP) is 2.13. The van der Waals surface area contributed by atoms with Crippen LogP contribution in [0.15, 0.2) is 12.1 Å². The second-order valence-corrected chi connectivity index (χ2v) is 4.86. The molecule has 3 nitrogen and oxygen atoms in total. The van der Waals surface area contributed by atoms with Crippen molar-refractivity contribution in [2.45, 2.75) is 38.9 Å². The van der Waals surface area contributed by atoms with Crippen LogP contribution >= 0.6 is 0 Å². The summed E-state index contributed by atoms with van der Waals surface area (Å²) in [4.78, 5) is 12.3. The van der Waals surface area contributed by atoms with E-state index in [1.165, 1.54) is 6.07 Å². The molecule has 18 heavy (non-hydrogen) atoms. The maximum atomic E-state index is 13.9. The fourth-order valence-corrected chi connectivity index (χ4v) is 2.46. The molecule has 0 aromatic heterocycles. The van der Waals surface area contributed by atoms with Crippen molar-refractivity contribution in [3.8, 4) is 0 Å². The molecule has 0 saturated carbocycles. The van der Waals surface area contributed by atoms with Gasteiger partial charge in [-0.3, -0.25) is 4.79 Å². The van der Waals surface area contributed by atoms with Gasteiger partial charge >= 0.3 is 0 Å². The van der Waals surface area contributed by atoms with Gasteiger partial charge in [-0.05, 0) is 43.9 Å². The summed E-state index contributed by atoms with van der Waals surface area (Å²) in [5.74, 6) is -0.724. The third kappa shape index (κ3) is 2.44. The molecule has 0 aliphatic carbocycles. The summed E-state index contributed by atoms with van der Waals surface area (Å²) < 4.78 is 19.4. The Bertz CT molecular complexity index is 450. The zero-order valence-corrected chi connectivity index (χ0v) is 10.7. The summed E-state index contributed by atoms with van der Waals surface area (Å²) in [5, 5.41) is 0. The first-order valence-electron chi connectivity index (χ1n) is 6.19. The fourth-order valence-electron chi connectivity index (χ4n) is 2.46. The lowest BCUT2D eigenvalue weighted by atomic mass is 9.97. The van der Waals surface area contributed by atoms with Gasteiger partial charge in [0.05, 0.1) is 11.7 Å². The van der Waals surface area contributed by atoms with Crippen LogP contribution in [0.4, 0.5) is 4.39 Å². The van der Waals surface area contributed by atoms with E-state index in [2.05, 4.69) is 0 Å². The number of carbonyl (C=O) groups excluding carboxylic acids is 1. The van der Waals surface area contributed by atoms with Crippen molar-refractivity contribution in [2.24, 2.45) is 5.73 Å². The lowest BCUT2D eigenvalue weighted by Crippen LogP contribution is -2.26. The van der Waals surface area contributed by atoms with Crippen LogP contribution in [-0.4, -0.2) is 24.5 Å². The van der Waals surface area contributed by atoms with Gasteiger partial charge in [-0.1, -0.05) is 6.07 Å². The van der Waals surface area contributed by atoms with E-state index in [0.717, 1.165) is 12.0 Å². The zero-order chi connectivity index (χ0) is 13.3. The molecule has 1 fully saturated rings. The first kappa shape index (κ1) is 13.2. The van der Waals surface area contributed by atoms with Crippen LogP contribution in [0.2, 0.25) is 0 Å². The minimum Gasteiger partial charge on any atom is -0.366 e. The number of aryl methyl sites for hydroxylation is 2. The summed E-state index contributed by atoms with van der Waals surface area (Å²) >= 11 is 0. The summed E-state index contributed by atoms with van der Waals surface area (Å²) in [7, 11) is 0. The molecule has 2 rings (SSSR count). The van der Waals surface area contributed by atoms with Gasteiger partial charge in [0.2, 0.25) is 0 Å². The molecule has 1 aromatic rings. The van der Waals surface area contributed by atoms with Crippen LogP contribution < -0.4 is 5.73 Å². The molecule has 2 unspecified atom stereocenters. The number of nitrogens with two attached hydrogens (primary N) is 1. The van der Waals surface area contributed by atoms with Crippen molar-refractivity contribution in [3.05, 3.63) is 34.6 Å². The molecule has 1 heterocycles. The summed E-state index contributed by atoms with van der Waals surface area (Å²) in [6, 6.07) is 3.20. The number of carbonyl (C=O) groups is 1. The van der Waals surface area contributed by atoms with Crippen molar-refractivity contribution in [1.82, 2.24) is 0 Å². The molecule has 1 aromatic carbocycles. The molecule has 2 atom stereocenters. The third-order valence-corrected chi connectivity index (χ3v) is 3.34. The molecule has 1 saturated heterocycles. The SMILES string of the molecule is Cc1cc(C)c(C(=O)C2CCC(CN)O2)c(F)c1. The number of rotatable bonds is 3. The van der Waals surface area contributed by atoms with E-state index in [0.29, 0.717) is 18.5 Å². The standard InChI is InChI=1S/C14H18FNO2/c1-8-5-9(2)13(11(15)6-8)14(17)12-4-3-10(7-16)18-12/h5-6,10,12H,3-4,7,16H2,1-2H3. The summed E-state index contributed by atoms with van der Waals surface area (Å²) in [6.07, 6.45) is 0.759. The number of halogens is 1. The number of benzene rings is 1. The fraction of sp³-hybridized carbons (Fsp3) is 0.500. The van der Waals surface area contributed by atoms with Crippen molar-refractivity contribution >= 4 is 5.78 Å². The highest BCUT2D eigenvalue weighted by Crippen LogP contribution is 2.25. The van der Waals surface area contributed by atoms with Crippen molar-refractivity contribution in [1.29, 1.82) is 0 Å². The maximum absolute atomic E-state index is 13.9. The molecule has 98 valence electrons. The van der Waals surface area contributed by atoms with E-state index >= 15 is 0 Å². The molecule has 0 spiro atoms. The van der Waals surface area contributed by atoms with Gasteiger partial charge in [-0.25, -0.2) is 4.39 Å². The average Bonchev–Trinajstić information content (AvgIpc) is 2.75. The van der Waals surface area contributed by atoms with E-state index in [1.54, 1.807) is 13.8 Å².